The molecule has 0 aromatic heterocycles. The standard InChI is InChI=1S/C20H22N2O3/c1-3-14-21-20(24)16-9-5-6-10-17(16)22-19(23)13-12-15-8-4-7-11-18(15)25-2/h4-13H,3,14H2,1-2H3,(H,21,24)(H,22,23). The van der Waals surface area contributed by atoms with Crippen molar-refractivity contribution in [1.82, 2.24) is 5.32 Å². The number of carbonyl (C=O) groups excluding carboxylic acids is 2. The predicted molar refractivity (Wildman–Crippen MR) is 99.7 cm³/mol. The average Bonchev–Trinajstić information content (AvgIpc) is 2.65. The van der Waals surface area contributed by atoms with Gasteiger partial charge < -0.3 is 15.4 Å². The van der Waals surface area contributed by atoms with Crippen LogP contribution >= 0.6 is 0 Å². The van der Waals surface area contributed by atoms with Crippen LogP contribution in [0.5, 0.6) is 5.75 Å². The minimum atomic E-state index is -0.318. The van der Waals surface area contributed by atoms with Gasteiger partial charge in [-0.3, -0.25) is 9.59 Å². The summed E-state index contributed by atoms with van der Waals surface area (Å²) in [5.41, 5.74) is 1.72. The van der Waals surface area contributed by atoms with E-state index in [1.807, 2.05) is 31.2 Å². The quantitative estimate of drug-likeness (QED) is 0.760. The maximum atomic E-state index is 12.2. The highest BCUT2D eigenvalue weighted by molar-refractivity contribution is 6.07. The number of anilines is 1. The zero-order valence-corrected chi connectivity index (χ0v) is 14.4. The second-order valence-corrected chi connectivity index (χ2v) is 5.37. The second-order valence-electron chi connectivity index (χ2n) is 5.37. The largest absolute Gasteiger partial charge is 0.496 e. The minimum absolute atomic E-state index is 0.202. The second kappa shape index (κ2) is 9.27. The summed E-state index contributed by atoms with van der Waals surface area (Å²) in [6, 6.07) is 14.3. The van der Waals surface area contributed by atoms with E-state index in [2.05, 4.69) is 10.6 Å². The van der Waals surface area contributed by atoms with Crippen LogP contribution in [0.4, 0.5) is 5.69 Å². The van der Waals surface area contributed by atoms with Crippen molar-refractivity contribution in [1.29, 1.82) is 0 Å². The summed E-state index contributed by atoms with van der Waals surface area (Å²) < 4.78 is 5.25. The molecule has 2 rings (SSSR count). The van der Waals surface area contributed by atoms with Gasteiger partial charge in [0, 0.05) is 18.2 Å². The molecule has 2 aromatic carbocycles. The number of nitrogens with one attached hydrogen (secondary N) is 2. The van der Waals surface area contributed by atoms with Crippen LogP contribution in [0.2, 0.25) is 0 Å². The molecule has 0 aliphatic heterocycles. The summed E-state index contributed by atoms with van der Waals surface area (Å²) in [6.07, 6.45) is 3.94. The van der Waals surface area contributed by atoms with E-state index >= 15 is 0 Å². The number of amides is 2. The van der Waals surface area contributed by atoms with Gasteiger partial charge in [0.2, 0.25) is 5.91 Å². The molecule has 130 valence electrons. The van der Waals surface area contributed by atoms with Crippen LogP contribution in [0.15, 0.2) is 54.6 Å². The molecule has 0 saturated heterocycles. The Hall–Kier alpha value is -3.08. The summed E-state index contributed by atoms with van der Waals surface area (Å²) in [5.74, 6) is 0.166. The average molecular weight is 338 g/mol. The lowest BCUT2D eigenvalue weighted by molar-refractivity contribution is -0.111. The van der Waals surface area contributed by atoms with Gasteiger partial charge in [-0.15, -0.1) is 0 Å². The first-order valence-electron chi connectivity index (χ1n) is 8.15. The number of benzene rings is 2. The normalized spacial score (nSPS) is 10.5. The first-order valence-corrected chi connectivity index (χ1v) is 8.15. The molecule has 0 spiro atoms. The van der Waals surface area contributed by atoms with Gasteiger partial charge in [0.1, 0.15) is 5.75 Å². The van der Waals surface area contributed by atoms with E-state index in [0.717, 1.165) is 12.0 Å². The molecule has 5 nitrogen and oxygen atoms in total. The van der Waals surface area contributed by atoms with E-state index in [9.17, 15) is 9.59 Å². The van der Waals surface area contributed by atoms with Crippen LogP contribution in [-0.4, -0.2) is 25.5 Å². The molecule has 0 heterocycles. The number of hydrogen-bond donors (Lipinski definition) is 2. The molecule has 25 heavy (non-hydrogen) atoms. The molecule has 0 bridgehead atoms. The lowest BCUT2D eigenvalue weighted by Gasteiger charge is -2.10. The Labute approximate surface area is 147 Å². The van der Waals surface area contributed by atoms with Crippen LogP contribution in [0.25, 0.3) is 6.08 Å². The van der Waals surface area contributed by atoms with Gasteiger partial charge in [-0.1, -0.05) is 37.3 Å². The monoisotopic (exact) mass is 338 g/mol. The Kier molecular flexibility index (Phi) is 6.77. The Bertz CT molecular complexity index is 769. The summed E-state index contributed by atoms with van der Waals surface area (Å²) in [5, 5.41) is 5.56. The summed E-state index contributed by atoms with van der Waals surface area (Å²) >= 11 is 0. The highest BCUT2D eigenvalue weighted by atomic mass is 16.5. The molecule has 0 saturated carbocycles. The zero-order chi connectivity index (χ0) is 18.1. The van der Waals surface area contributed by atoms with Gasteiger partial charge in [0.05, 0.1) is 18.4 Å². The van der Waals surface area contributed by atoms with Gasteiger partial charge in [-0.25, -0.2) is 0 Å². The molecule has 0 fully saturated rings. The van der Waals surface area contributed by atoms with Gasteiger partial charge >= 0.3 is 0 Å². The fourth-order valence-corrected chi connectivity index (χ4v) is 2.27. The fourth-order valence-electron chi connectivity index (χ4n) is 2.27. The number of ether oxygens (including phenoxy) is 1. The predicted octanol–water partition coefficient (Wildman–Crippen LogP) is 3.49. The lowest BCUT2D eigenvalue weighted by Crippen LogP contribution is -2.25. The van der Waals surface area contributed by atoms with E-state index in [1.54, 1.807) is 37.5 Å². The maximum Gasteiger partial charge on any atom is 0.253 e. The number of para-hydroxylation sites is 2. The van der Waals surface area contributed by atoms with Crippen molar-refractivity contribution in [3.63, 3.8) is 0 Å². The minimum Gasteiger partial charge on any atom is -0.496 e. The fraction of sp³-hybridized carbons (Fsp3) is 0.200. The maximum absolute atomic E-state index is 12.2. The molecule has 5 heteroatoms. The molecule has 0 atom stereocenters. The van der Waals surface area contributed by atoms with E-state index in [0.29, 0.717) is 23.5 Å². The topological polar surface area (TPSA) is 67.4 Å². The van der Waals surface area contributed by atoms with Gasteiger partial charge in [-0.05, 0) is 30.7 Å². The highest BCUT2D eigenvalue weighted by Crippen LogP contribution is 2.19. The first-order chi connectivity index (χ1) is 12.2. The Balaban J connectivity index is 2.10. The van der Waals surface area contributed by atoms with Gasteiger partial charge in [0.25, 0.3) is 5.91 Å². The molecular weight excluding hydrogens is 316 g/mol. The molecule has 0 aliphatic carbocycles. The van der Waals surface area contributed by atoms with Crippen molar-refractivity contribution in [2.24, 2.45) is 0 Å². The van der Waals surface area contributed by atoms with Crippen molar-refractivity contribution in [2.75, 3.05) is 19.0 Å². The third-order valence-electron chi connectivity index (χ3n) is 3.52. The molecule has 0 unspecified atom stereocenters. The smallest absolute Gasteiger partial charge is 0.253 e. The first kappa shape index (κ1) is 18.3. The molecular formula is C20H22N2O3. The summed E-state index contributed by atoms with van der Waals surface area (Å²) in [7, 11) is 1.58. The van der Waals surface area contributed by atoms with Gasteiger partial charge in [0.15, 0.2) is 0 Å². The van der Waals surface area contributed by atoms with E-state index in [4.69, 9.17) is 4.74 Å². The molecule has 0 radical (unpaired) electrons. The van der Waals surface area contributed by atoms with Crippen molar-refractivity contribution >= 4 is 23.6 Å². The number of methoxy groups -OCH3 is 1. The number of hydrogen-bond acceptors (Lipinski definition) is 3. The van der Waals surface area contributed by atoms with Crippen molar-refractivity contribution in [2.45, 2.75) is 13.3 Å². The zero-order valence-electron chi connectivity index (χ0n) is 14.4. The van der Waals surface area contributed by atoms with Crippen LogP contribution in [0.3, 0.4) is 0 Å². The van der Waals surface area contributed by atoms with Crippen LogP contribution in [0.1, 0.15) is 29.3 Å². The lowest BCUT2D eigenvalue weighted by atomic mass is 10.1. The Morgan fingerprint density at radius 3 is 2.56 bits per heavy atom. The van der Waals surface area contributed by atoms with E-state index in [1.165, 1.54) is 6.08 Å². The highest BCUT2D eigenvalue weighted by Gasteiger charge is 2.11. The van der Waals surface area contributed by atoms with Crippen molar-refractivity contribution in [3.8, 4) is 5.75 Å². The molecule has 2 amide bonds. The van der Waals surface area contributed by atoms with E-state index < -0.39 is 0 Å². The van der Waals surface area contributed by atoms with Crippen LogP contribution in [-0.2, 0) is 4.79 Å². The van der Waals surface area contributed by atoms with Crippen LogP contribution in [0, 0.1) is 0 Å². The Morgan fingerprint density at radius 1 is 1.08 bits per heavy atom. The molecule has 2 N–H and O–H groups in total. The van der Waals surface area contributed by atoms with Crippen molar-refractivity contribution < 1.29 is 14.3 Å². The third kappa shape index (κ3) is 5.21. The SMILES string of the molecule is CCCNC(=O)c1ccccc1NC(=O)C=Cc1ccccc1OC. The van der Waals surface area contributed by atoms with Crippen molar-refractivity contribution in [3.05, 3.63) is 65.7 Å². The molecule has 0 aliphatic rings. The van der Waals surface area contributed by atoms with Gasteiger partial charge in [-0.2, -0.15) is 0 Å². The summed E-state index contributed by atoms with van der Waals surface area (Å²) in [4.78, 5) is 24.4. The number of rotatable bonds is 7. The van der Waals surface area contributed by atoms with E-state index in [-0.39, 0.29) is 11.8 Å². The van der Waals surface area contributed by atoms with Crippen LogP contribution < -0.4 is 15.4 Å². The summed E-state index contributed by atoms with van der Waals surface area (Å²) in [6.45, 7) is 2.57. The molecule has 2 aromatic rings. The number of carbonyl (C=O) groups is 2. The Morgan fingerprint density at radius 2 is 1.80 bits per heavy atom. The third-order valence-corrected chi connectivity index (χ3v) is 3.52.